The van der Waals surface area contributed by atoms with Crippen molar-refractivity contribution in [3.8, 4) is 0 Å². The molecule has 2 amide bonds. The third kappa shape index (κ3) is 1.22. The van der Waals surface area contributed by atoms with Gasteiger partial charge in [0.15, 0.2) is 0 Å². The molecule has 0 aliphatic carbocycles. The average Bonchev–Trinajstić information content (AvgIpc) is 2.58. The second kappa shape index (κ2) is 2.86. The van der Waals surface area contributed by atoms with Gasteiger partial charge >= 0.3 is 0 Å². The molecule has 4 heteroatoms. The maximum atomic E-state index is 11.2. The summed E-state index contributed by atoms with van der Waals surface area (Å²) in [5.41, 5.74) is 0. The van der Waals surface area contributed by atoms with E-state index in [0.29, 0.717) is 6.42 Å². The molecule has 0 saturated carbocycles. The predicted octanol–water partition coefficient (Wildman–Crippen LogP) is -0.503. The van der Waals surface area contributed by atoms with Crippen molar-refractivity contribution in [1.82, 2.24) is 10.2 Å². The third-order valence-corrected chi connectivity index (χ3v) is 2.53. The van der Waals surface area contributed by atoms with Crippen molar-refractivity contribution in [2.75, 3.05) is 13.1 Å². The minimum absolute atomic E-state index is 0.109. The molecule has 0 spiro atoms. The van der Waals surface area contributed by atoms with Gasteiger partial charge < -0.3 is 0 Å². The van der Waals surface area contributed by atoms with Crippen LogP contribution in [0.3, 0.4) is 0 Å². The van der Waals surface area contributed by atoms with Gasteiger partial charge in [-0.05, 0) is 25.9 Å². The standard InChI is InChI=1S/C8H12N2O2/c11-7-5-6(8(12)9-7)10-3-1-2-4-10/h6H,1-5H2,(H,9,11,12). The van der Waals surface area contributed by atoms with E-state index in [1.807, 2.05) is 0 Å². The first-order valence-electron chi connectivity index (χ1n) is 4.35. The van der Waals surface area contributed by atoms with E-state index >= 15 is 0 Å². The van der Waals surface area contributed by atoms with E-state index in [2.05, 4.69) is 10.2 Å². The van der Waals surface area contributed by atoms with Crippen LogP contribution in [-0.4, -0.2) is 35.8 Å². The zero-order valence-corrected chi connectivity index (χ0v) is 6.88. The van der Waals surface area contributed by atoms with E-state index in [0.717, 1.165) is 25.9 Å². The maximum Gasteiger partial charge on any atom is 0.244 e. The number of likely N-dealkylation sites (tertiary alicyclic amines) is 1. The smallest absolute Gasteiger partial charge is 0.244 e. The number of rotatable bonds is 1. The summed E-state index contributed by atoms with van der Waals surface area (Å²) in [7, 11) is 0. The van der Waals surface area contributed by atoms with Crippen molar-refractivity contribution >= 4 is 11.8 Å². The van der Waals surface area contributed by atoms with Crippen LogP contribution < -0.4 is 5.32 Å². The van der Waals surface area contributed by atoms with Crippen molar-refractivity contribution in [2.24, 2.45) is 0 Å². The number of amides is 2. The van der Waals surface area contributed by atoms with Crippen molar-refractivity contribution in [3.05, 3.63) is 0 Å². The predicted molar refractivity (Wildman–Crippen MR) is 42.4 cm³/mol. The Morgan fingerprint density at radius 3 is 2.42 bits per heavy atom. The van der Waals surface area contributed by atoms with Gasteiger partial charge in [0.05, 0.1) is 12.5 Å². The minimum Gasteiger partial charge on any atom is -0.295 e. The molecule has 0 bridgehead atoms. The zero-order valence-electron chi connectivity index (χ0n) is 6.88. The molecule has 1 unspecified atom stereocenters. The monoisotopic (exact) mass is 168 g/mol. The van der Waals surface area contributed by atoms with Crippen LogP contribution in [0.15, 0.2) is 0 Å². The van der Waals surface area contributed by atoms with Crippen molar-refractivity contribution in [3.63, 3.8) is 0 Å². The van der Waals surface area contributed by atoms with Crippen molar-refractivity contribution in [1.29, 1.82) is 0 Å². The zero-order chi connectivity index (χ0) is 8.55. The summed E-state index contributed by atoms with van der Waals surface area (Å²) < 4.78 is 0. The Hall–Kier alpha value is -0.900. The summed E-state index contributed by atoms with van der Waals surface area (Å²) >= 11 is 0. The molecule has 2 rings (SSSR count). The second-order valence-electron chi connectivity index (χ2n) is 3.38. The molecule has 2 fully saturated rings. The van der Waals surface area contributed by atoms with Gasteiger partial charge in [-0.2, -0.15) is 0 Å². The van der Waals surface area contributed by atoms with Gasteiger partial charge in [-0.25, -0.2) is 0 Å². The lowest BCUT2D eigenvalue weighted by Crippen LogP contribution is -2.38. The fourth-order valence-electron chi connectivity index (χ4n) is 1.89. The lowest BCUT2D eigenvalue weighted by atomic mass is 10.2. The van der Waals surface area contributed by atoms with E-state index in [4.69, 9.17) is 0 Å². The Bertz CT molecular complexity index is 221. The quantitative estimate of drug-likeness (QED) is 0.537. The number of nitrogens with zero attached hydrogens (tertiary/aromatic N) is 1. The first kappa shape index (κ1) is 7.73. The molecule has 2 saturated heterocycles. The molecule has 1 atom stereocenters. The largest absolute Gasteiger partial charge is 0.295 e. The Labute approximate surface area is 70.9 Å². The highest BCUT2D eigenvalue weighted by Crippen LogP contribution is 2.17. The Kier molecular flexibility index (Phi) is 1.84. The van der Waals surface area contributed by atoms with Crippen LogP contribution in [0, 0.1) is 0 Å². The van der Waals surface area contributed by atoms with Gasteiger partial charge in [0, 0.05) is 0 Å². The molecule has 12 heavy (non-hydrogen) atoms. The molecule has 2 heterocycles. The van der Waals surface area contributed by atoms with Crippen LogP contribution in [0.25, 0.3) is 0 Å². The van der Waals surface area contributed by atoms with Gasteiger partial charge in [-0.3, -0.25) is 19.8 Å². The number of hydrogen-bond acceptors (Lipinski definition) is 3. The summed E-state index contributed by atoms with van der Waals surface area (Å²) in [4.78, 5) is 24.2. The highest BCUT2D eigenvalue weighted by molar-refractivity contribution is 6.05. The maximum absolute atomic E-state index is 11.2. The Balaban J connectivity index is 2.03. The van der Waals surface area contributed by atoms with Crippen LogP contribution >= 0.6 is 0 Å². The van der Waals surface area contributed by atoms with Crippen LogP contribution in [-0.2, 0) is 9.59 Å². The molecule has 4 nitrogen and oxygen atoms in total. The number of carbonyl (C=O) groups is 2. The lowest BCUT2D eigenvalue weighted by Gasteiger charge is -2.19. The van der Waals surface area contributed by atoms with Gasteiger partial charge in [0.25, 0.3) is 0 Å². The molecular formula is C8H12N2O2. The van der Waals surface area contributed by atoms with Gasteiger partial charge in [0.2, 0.25) is 11.8 Å². The number of imide groups is 1. The topological polar surface area (TPSA) is 49.4 Å². The molecule has 1 N–H and O–H groups in total. The summed E-state index contributed by atoms with van der Waals surface area (Å²) in [5.74, 6) is -0.237. The number of nitrogens with one attached hydrogen (secondary N) is 1. The molecule has 0 aromatic carbocycles. The van der Waals surface area contributed by atoms with E-state index in [1.165, 1.54) is 0 Å². The summed E-state index contributed by atoms with van der Waals surface area (Å²) in [6.07, 6.45) is 2.66. The Morgan fingerprint density at radius 1 is 1.25 bits per heavy atom. The van der Waals surface area contributed by atoms with Crippen LogP contribution in [0.5, 0.6) is 0 Å². The van der Waals surface area contributed by atoms with Crippen LogP contribution in [0.4, 0.5) is 0 Å². The van der Waals surface area contributed by atoms with E-state index in [1.54, 1.807) is 0 Å². The van der Waals surface area contributed by atoms with Crippen LogP contribution in [0.1, 0.15) is 19.3 Å². The lowest BCUT2D eigenvalue weighted by molar-refractivity contribution is -0.126. The van der Waals surface area contributed by atoms with Gasteiger partial charge in [-0.1, -0.05) is 0 Å². The van der Waals surface area contributed by atoms with E-state index in [-0.39, 0.29) is 17.9 Å². The first-order chi connectivity index (χ1) is 5.77. The van der Waals surface area contributed by atoms with Crippen molar-refractivity contribution in [2.45, 2.75) is 25.3 Å². The third-order valence-electron chi connectivity index (χ3n) is 2.53. The van der Waals surface area contributed by atoms with E-state index in [9.17, 15) is 9.59 Å². The summed E-state index contributed by atoms with van der Waals surface area (Å²) in [5, 5.41) is 2.32. The minimum atomic E-state index is -0.167. The number of carbonyl (C=O) groups excluding carboxylic acids is 2. The SMILES string of the molecule is O=C1CC(N2CCCC2)C(=O)N1. The van der Waals surface area contributed by atoms with Crippen molar-refractivity contribution < 1.29 is 9.59 Å². The highest BCUT2D eigenvalue weighted by Gasteiger charge is 2.35. The molecule has 2 aliphatic rings. The number of hydrogen-bond donors (Lipinski definition) is 1. The molecule has 0 aromatic rings. The second-order valence-corrected chi connectivity index (χ2v) is 3.38. The first-order valence-corrected chi connectivity index (χ1v) is 4.35. The highest BCUT2D eigenvalue weighted by atomic mass is 16.2. The van der Waals surface area contributed by atoms with E-state index < -0.39 is 0 Å². The fraction of sp³-hybridized carbons (Fsp3) is 0.750. The van der Waals surface area contributed by atoms with Crippen LogP contribution in [0.2, 0.25) is 0 Å². The molecule has 2 aliphatic heterocycles. The Morgan fingerprint density at radius 2 is 1.92 bits per heavy atom. The fourth-order valence-corrected chi connectivity index (χ4v) is 1.89. The molecular weight excluding hydrogens is 156 g/mol. The summed E-state index contributed by atoms with van der Waals surface area (Å²) in [6.45, 7) is 1.93. The normalized spacial score (nSPS) is 31.2. The van der Waals surface area contributed by atoms with Gasteiger partial charge in [-0.15, -0.1) is 0 Å². The summed E-state index contributed by atoms with van der Waals surface area (Å²) in [6, 6.07) is -0.167. The molecule has 66 valence electrons. The van der Waals surface area contributed by atoms with Gasteiger partial charge in [0.1, 0.15) is 0 Å². The average molecular weight is 168 g/mol. The molecule has 0 radical (unpaired) electrons. The molecule has 0 aromatic heterocycles.